The minimum atomic E-state index is -0.186. The minimum absolute atomic E-state index is 0.0293. The van der Waals surface area contributed by atoms with Crippen molar-refractivity contribution in [1.29, 1.82) is 0 Å². The summed E-state index contributed by atoms with van der Waals surface area (Å²) in [5.74, 6) is 0.458. The van der Waals surface area contributed by atoms with Crippen LogP contribution in [0.1, 0.15) is 31.0 Å². The highest BCUT2D eigenvalue weighted by atomic mass is 16.5. The summed E-state index contributed by atoms with van der Waals surface area (Å²) in [5.41, 5.74) is 1.97. The molecule has 2 amide bonds. The Morgan fingerprint density at radius 3 is 2.28 bits per heavy atom. The van der Waals surface area contributed by atoms with Crippen molar-refractivity contribution >= 4 is 11.8 Å². The average Bonchev–Trinajstić information content (AvgIpc) is 2.64. The first-order valence-electron chi connectivity index (χ1n) is 8.23. The van der Waals surface area contributed by atoms with Crippen molar-refractivity contribution in [1.82, 2.24) is 10.2 Å². The Hall–Kier alpha value is -2.82. The zero-order chi connectivity index (χ0) is 18.2. The van der Waals surface area contributed by atoms with Crippen LogP contribution < -0.4 is 10.1 Å². The van der Waals surface area contributed by atoms with E-state index in [2.05, 4.69) is 5.32 Å². The predicted molar refractivity (Wildman–Crippen MR) is 97.1 cm³/mol. The van der Waals surface area contributed by atoms with E-state index in [-0.39, 0.29) is 24.4 Å². The number of ether oxygens (including phenoxy) is 1. The monoisotopic (exact) mass is 340 g/mol. The summed E-state index contributed by atoms with van der Waals surface area (Å²) in [7, 11) is 1.61. The van der Waals surface area contributed by atoms with Crippen LogP contribution in [0.2, 0.25) is 0 Å². The Bertz CT molecular complexity index is 699. The first kappa shape index (κ1) is 18.5. The fourth-order valence-electron chi connectivity index (χ4n) is 2.59. The SMILES string of the molecule is COc1ccc(CNC(=O)CN(C(C)=O)C(C)c2ccccc2)cc1. The van der Waals surface area contributed by atoms with Gasteiger partial charge in [-0.3, -0.25) is 9.59 Å². The molecule has 0 fully saturated rings. The summed E-state index contributed by atoms with van der Waals surface area (Å²) in [6.45, 7) is 3.85. The highest BCUT2D eigenvalue weighted by Gasteiger charge is 2.21. The maximum atomic E-state index is 12.3. The number of methoxy groups -OCH3 is 1. The second kappa shape index (κ2) is 8.87. The second-order valence-electron chi connectivity index (χ2n) is 5.86. The summed E-state index contributed by atoms with van der Waals surface area (Å²) in [5, 5.41) is 2.85. The van der Waals surface area contributed by atoms with E-state index in [1.54, 1.807) is 12.0 Å². The molecule has 0 aromatic heterocycles. The number of hydrogen-bond donors (Lipinski definition) is 1. The molecule has 5 heteroatoms. The first-order chi connectivity index (χ1) is 12.0. The van der Waals surface area contributed by atoms with Gasteiger partial charge >= 0.3 is 0 Å². The molecule has 0 saturated heterocycles. The van der Waals surface area contributed by atoms with E-state index < -0.39 is 0 Å². The summed E-state index contributed by atoms with van der Waals surface area (Å²) < 4.78 is 5.11. The molecule has 5 nitrogen and oxygen atoms in total. The van der Waals surface area contributed by atoms with E-state index in [4.69, 9.17) is 4.74 Å². The van der Waals surface area contributed by atoms with Crippen molar-refractivity contribution in [2.75, 3.05) is 13.7 Å². The van der Waals surface area contributed by atoms with E-state index in [0.717, 1.165) is 16.9 Å². The normalized spacial score (nSPS) is 11.5. The molecule has 1 atom stereocenters. The lowest BCUT2D eigenvalue weighted by Gasteiger charge is -2.28. The molecular formula is C20H24N2O3. The zero-order valence-corrected chi connectivity index (χ0v) is 14.9. The predicted octanol–water partition coefficient (Wildman–Crippen LogP) is 2.92. The Labute approximate surface area is 148 Å². The molecule has 2 aromatic rings. The standard InChI is InChI=1S/C20H24N2O3/c1-15(18-7-5-4-6-8-18)22(16(2)23)14-20(24)21-13-17-9-11-19(25-3)12-10-17/h4-12,15H,13-14H2,1-3H3,(H,21,24). The molecule has 0 aliphatic rings. The summed E-state index contributed by atoms with van der Waals surface area (Å²) in [6.07, 6.45) is 0. The van der Waals surface area contributed by atoms with Crippen LogP contribution in [0, 0.1) is 0 Å². The molecule has 1 unspecified atom stereocenters. The van der Waals surface area contributed by atoms with Crippen LogP contribution in [0.15, 0.2) is 54.6 Å². The molecule has 25 heavy (non-hydrogen) atoms. The Morgan fingerprint density at radius 2 is 1.72 bits per heavy atom. The second-order valence-corrected chi connectivity index (χ2v) is 5.86. The summed E-state index contributed by atoms with van der Waals surface area (Å²) >= 11 is 0. The highest BCUT2D eigenvalue weighted by Crippen LogP contribution is 2.19. The molecule has 0 radical (unpaired) electrons. The summed E-state index contributed by atoms with van der Waals surface area (Å²) in [6, 6.07) is 17.0. The van der Waals surface area contributed by atoms with Crippen LogP contribution in [0.25, 0.3) is 0 Å². The van der Waals surface area contributed by atoms with Gasteiger partial charge in [0.15, 0.2) is 0 Å². The smallest absolute Gasteiger partial charge is 0.239 e. The third kappa shape index (κ3) is 5.35. The van der Waals surface area contributed by atoms with Gasteiger partial charge in [0.1, 0.15) is 12.3 Å². The van der Waals surface area contributed by atoms with Crippen molar-refractivity contribution in [2.45, 2.75) is 26.4 Å². The fourth-order valence-corrected chi connectivity index (χ4v) is 2.59. The number of nitrogens with zero attached hydrogens (tertiary/aromatic N) is 1. The van der Waals surface area contributed by atoms with Crippen LogP contribution in [0.4, 0.5) is 0 Å². The van der Waals surface area contributed by atoms with Gasteiger partial charge in [-0.2, -0.15) is 0 Å². The zero-order valence-electron chi connectivity index (χ0n) is 14.9. The average molecular weight is 340 g/mol. The number of benzene rings is 2. The molecule has 1 N–H and O–H groups in total. The Kier molecular flexibility index (Phi) is 6.57. The van der Waals surface area contributed by atoms with Gasteiger partial charge in [0.05, 0.1) is 13.2 Å². The van der Waals surface area contributed by atoms with Gasteiger partial charge in [-0.25, -0.2) is 0 Å². The lowest BCUT2D eigenvalue weighted by atomic mass is 10.1. The van der Waals surface area contributed by atoms with Crippen LogP contribution in [0.5, 0.6) is 5.75 Å². The first-order valence-corrected chi connectivity index (χ1v) is 8.23. The van der Waals surface area contributed by atoms with Crippen molar-refractivity contribution in [3.05, 3.63) is 65.7 Å². The third-order valence-corrected chi connectivity index (χ3v) is 4.12. The van der Waals surface area contributed by atoms with E-state index >= 15 is 0 Å². The number of nitrogens with one attached hydrogen (secondary N) is 1. The van der Waals surface area contributed by atoms with E-state index in [1.165, 1.54) is 6.92 Å². The van der Waals surface area contributed by atoms with Crippen molar-refractivity contribution in [3.63, 3.8) is 0 Å². The Morgan fingerprint density at radius 1 is 1.08 bits per heavy atom. The number of amides is 2. The van der Waals surface area contributed by atoms with Crippen LogP contribution >= 0.6 is 0 Å². The lowest BCUT2D eigenvalue weighted by Crippen LogP contribution is -2.40. The number of hydrogen-bond acceptors (Lipinski definition) is 3. The quantitative estimate of drug-likeness (QED) is 0.843. The minimum Gasteiger partial charge on any atom is -0.497 e. The van der Waals surface area contributed by atoms with Gasteiger partial charge in [0.2, 0.25) is 11.8 Å². The molecule has 0 spiro atoms. The lowest BCUT2D eigenvalue weighted by molar-refractivity contribution is -0.136. The molecule has 2 aromatic carbocycles. The number of rotatable bonds is 7. The van der Waals surface area contributed by atoms with E-state index in [1.807, 2.05) is 61.5 Å². The van der Waals surface area contributed by atoms with Gasteiger partial charge in [-0.05, 0) is 30.2 Å². The summed E-state index contributed by atoms with van der Waals surface area (Å²) in [4.78, 5) is 25.8. The molecule has 0 aliphatic carbocycles. The van der Waals surface area contributed by atoms with Crippen molar-refractivity contribution in [3.8, 4) is 5.75 Å². The van der Waals surface area contributed by atoms with Gasteiger partial charge in [0.25, 0.3) is 0 Å². The number of carbonyl (C=O) groups excluding carboxylic acids is 2. The molecular weight excluding hydrogens is 316 g/mol. The Balaban J connectivity index is 1.94. The van der Waals surface area contributed by atoms with Crippen LogP contribution in [-0.4, -0.2) is 30.4 Å². The van der Waals surface area contributed by atoms with Crippen LogP contribution in [-0.2, 0) is 16.1 Å². The molecule has 2 rings (SSSR count). The largest absolute Gasteiger partial charge is 0.497 e. The topological polar surface area (TPSA) is 58.6 Å². The van der Waals surface area contributed by atoms with Gasteiger partial charge in [0, 0.05) is 13.5 Å². The maximum Gasteiger partial charge on any atom is 0.239 e. The molecule has 0 saturated carbocycles. The molecule has 0 bridgehead atoms. The third-order valence-electron chi connectivity index (χ3n) is 4.12. The molecule has 0 heterocycles. The molecule has 0 aliphatic heterocycles. The maximum absolute atomic E-state index is 12.3. The molecule has 132 valence electrons. The van der Waals surface area contributed by atoms with Gasteiger partial charge in [-0.1, -0.05) is 42.5 Å². The highest BCUT2D eigenvalue weighted by molar-refractivity contribution is 5.84. The van der Waals surface area contributed by atoms with Crippen molar-refractivity contribution < 1.29 is 14.3 Å². The van der Waals surface area contributed by atoms with Gasteiger partial charge < -0.3 is 15.0 Å². The van der Waals surface area contributed by atoms with Gasteiger partial charge in [-0.15, -0.1) is 0 Å². The van der Waals surface area contributed by atoms with Crippen molar-refractivity contribution in [2.24, 2.45) is 0 Å². The van der Waals surface area contributed by atoms with Crippen LogP contribution in [0.3, 0.4) is 0 Å². The van der Waals surface area contributed by atoms with E-state index in [9.17, 15) is 9.59 Å². The number of carbonyl (C=O) groups is 2. The fraction of sp³-hybridized carbons (Fsp3) is 0.300. The van der Waals surface area contributed by atoms with E-state index in [0.29, 0.717) is 6.54 Å².